The number of fused-ring (bicyclic) bond motifs is 1. The van der Waals surface area contributed by atoms with Crippen molar-refractivity contribution in [2.24, 2.45) is 0 Å². The number of benzene rings is 2. The average molecular weight is 391 g/mol. The van der Waals surface area contributed by atoms with E-state index in [1.165, 1.54) is 0 Å². The molecule has 0 atom stereocenters. The smallest absolute Gasteiger partial charge is 0.324 e. The molecule has 2 heterocycles. The third kappa shape index (κ3) is 3.33. The number of carbonyl (C=O) groups is 3. The summed E-state index contributed by atoms with van der Waals surface area (Å²) in [5.41, 5.74) is 2.21. The van der Waals surface area contributed by atoms with Gasteiger partial charge < -0.3 is 10.6 Å². The molecule has 2 N–H and O–H groups in total. The summed E-state index contributed by atoms with van der Waals surface area (Å²) in [4.78, 5) is 42.1. The SMILES string of the molecule is Cc1nc2cc(NC(=O)CN3C(=O)NC(C)(C)C3=O)ccc2n1-c1ccccc1. The van der Waals surface area contributed by atoms with Crippen molar-refractivity contribution < 1.29 is 14.4 Å². The highest BCUT2D eigenvalue weighted by molar-refractivity contribution is 6.09. The number of hydrogen-bond donors (Lipinski definition) is 2. The molecule has 0 spiro atoms. The molecule has 4 rings (SSSR count). The lowest BCUT2D eigenvalue weighted by Gasteiger charge is -2.15. The number of aryl methyl sites for hydroxylation is 1. The number of nitrogens with one attached hydrogen (secondary N) is 2. The van der Waals surface area contributed by atoms with Gasteiger partial charge in [-0.25, -0.2) is 9.78 Å². The Kier molecular flexibility index (Phi) is 4.34. The van der Waals surface area contributed by atoms with Crippen LogP contribution in [0, 0.1) is 6.92 Å². The number of para-hydroxylation sites is 1. The van der Waals surface area contributed by atoms with E-state index in [9.17, 15) is 14.4 Å². The number of amides is 4. The number of anilines is 1. The molecule has 1 saturated heterocycles. The molecule has 0 unspecified atom stereocenters. The number of carbonyl (C=O) groups excluding carboxylic acids is 3. The largest absolute Gasteiger partial charge is 0.325 e. The van der Waals surface area contributed by atoms with Crippen LogP contribution in [0.15, 0.2) is 48.5 Å². The average Bonchev–Trinajstić information content (AvgIpc) is 3.09. The summed E-state index contributed by atoms with van der Waals surface area (Å²) < 4.78 is 2.04. The van der Waals surface area contributed by atoms with Crippen molar-refractivity contribution in [1.29, 1.82) is 0 Å². The highest BCUT2D eigenvalue weighted by atomic mass is 16.2. The zero-order valence-electron chi connectivity index (χ0n) is 16.4. The van der Waals surface area contributed by atoms with E-state index >= 15 is 0 Å². The second-order valence-corrected chi connectivity index (χ2v) is 7.53. The summed E-state index contributed by atoms with van der Waals surface area (Å²) in [6, 6.07) is 14.8. The first kappa shape index (κ1) is 18.7. The van der Waals surface area contributed by atoms with E-state index in [0.717, 1.165) is 27.4 Å². The van der Waals surface area contributed by atoms with Crippen LogP contribution in [0.5, 0.6) is 0 Å². The van der Waals surface area contributed by atoms with Gasteiger partial charge in [0, 0.05) is 11.4 Å². The van der Waals surface area contributed by atoms with Crippen LogP contribution < -0.4 is 10.6 Å². The number of urea groups is 1. The number of aromatic nitrogens is 2. The fraction of sp³-hybridized carbons (Fsp3) is 0.238. The quantitative estimate of drug-likeness (QED) is 0.668. The molecule has 0 radical (unpaired) electrons. The molecule has 1 fully saturated rings. The number of imidazole rings is 1. The van der Waals surface area contributed by atoms with E-state index in [0.29, 0.717) is 5.69 Å². The van der Waals surface area contributed by atoms with Gasteiger partial charge in [0.25, 0.3) is 5.91 Å². The van der Waals surface area contributed by atoms with Gasteiger partial charge in [-0.1, -0.05) is 18.2 Å². The van der Waals surface area contributed by atoms with Gasteiger partial charge in [0.05, 0.1) is 11.0 Å². The van der Waals surface area contributed by atoms with Gasteiger partial charge in [-0.2, -0.15) is 0 Å². The summed E-state index contributed by atoms with van der Waals surface area (Å²) >= 11 is 0. The van der Waals surface area contributed by atoms with E-state index < -0.39 is 23.4 Å². The summed E-state index contributed by atoms with van der Waals surface area (Å²) in [7, 11) is 0. The van der Waals surface area contributed by atoms with Crippen LogP contribution in [0.1, 0.15) is 19.7 Å². The molecule has 1 aliphatic heterocycles. The van der Waals surface area contributed by atoms with Crippen molar-refractivity contribution in [1.82, 2.24) is 19.8 Å². The molecule has 8 nitrogen and oxygen atoms in total. The Morgan fingerprint density at radius 1 is 1.14 bits per heavy atom. The number of nitrogens with zero attached hydrogens (tertiary/aromatic N) is 3. The Balaban J connectivity index is 1.54. The number of rotatable bonds is 4. The summed E-state index contributed by atoms with van der Waals surface area (Å²) in [5.74, 6) is -0.0497. The molecule has 4 amide bonds. The van der Waals surface area contributed by atoms with Crippen LogP contribution in [0.25, 0.3) is 16.7 Å². The van der Waals surface area contributed by atoms with Gasteiger partial charge in [0.15, 0.2) is 0 Å². The fourth-order valence-electron chi connectivity index (χ4n) is 3.49. The first-order valence-corrected chi connectivity index (χ1v) is 9.25. The van der Waals surface area contributed by atoms with E-state index in [2.05, 4.69) is 15.6 Å². The van der Waals surface area contributed by atoms with Crippen LogP contribution in [-0.4, -0.2) is 44.4 Å². The lowest BCUT2D eigenvalue weighted by Crippen LogP contribution is -2.41. The van der Waals surface area contributed by atoms with Crippen molar-refractivity contribution >= 4 is 34.6 Å². The van der Waals surface area contributed by atoms with Crippen LogP contribution in [-0.2, 0) is 9.59 Å². The van der Waals surface area contributed by atoms with Crippen LogP contribution in [0.2, 0.25) is 0 Å². The molecule has 1 aliphatic rings. The number of hydrogen-bond acceptors (Lipinski definition) is 4. The van der Waals surface area contributed by atoms with Gasteiger partial charge in [-0.15, -0.1) is 0 Å². The molecule has 29 heavy (non-hydrogen) atoms. The monoisotopic (exact) mass is 391 g/mol. The highest BCUT2D eigenvalue weighted by Gasteiger charge is 2.44. The normalized spacial score (nSPS) is 15.6. The maximum absolute atomic E-state index is 12.4. The third-order valence-corrected chi connectivity index (χ3v) is 4.87. The second kappa shape index (κ2) is 6.73. The maximum Gasteiger partial charge on any atom is 0.325 e. The molecule has 8 heteroatoms. The molecule has 0 saturated carbocycles. The third-order valence-electron chi connectivity index (χ3n) is 4.87. The minimum atomic E-state index is -1.00. The first-order chi connectivity index (χ1) is 13.8. The van der Waals surface area contributed by atoms with Crippen molar-refractivity contribution in [2.45, 2.75) is 26.3 Å². The predicted octanol–water partition coefficient (Wildman–Crippen LogP) is 2.60. The fourth-order valence-corrected chi connectivity index (χ4v) is 3.49. The van der Waals surface area contributed by atoms with Crippen molar-refractivity contribution in [2.75, 3.05) is 11.9 Å². The molecule has 148 valence electrons. The van der Waals surface area contributed by atoms with Crippen LogP contribution in [0.3, 0.4) is 0 Å². The molecule has 2 aromatic carbocycles. The zero-order chi connectivity index (χ0) is 20.8. The van der Waals surface area contributed by atoms with Crippen molar-refractivity contribution in [3.05, 3.63) is 54.4 Å². The van der Waals surface area contributed by atoms with Crippen molar-refractivity contribution in [3.63, 3.8) is 0 Å². The minimum absolute atomic E-state index is 0.344. The van der Waals surface area contributed by atoms with Gasteiger partial charge in [0.2, 0.25) is 5.91 Å². The molecule has 1 aromatic heterocycles. The lowest BCUT2D eigenvalue weighted by molar-refractivity contribution is -0.132. The van der Waals surface area contributed by atoms with E-state index in [4.69, 9.17) is 0 Å². The Bertz CT molecular complexity index is 1130. The Hall–Kier alpha value is -3.68. The van der Waals surface area contributed by atoms with Gasteiger partial charge in [0.1, 0.15) is 17.9 Å². The minimum Gasteiger partial charge on any atom is -0.324 e. The van der Waals surface area contributed by atoms with Crippen LogP contribution >= 0.6 is 0 Å². The molecule has 3 aromatic rings. The Labute approximate surface area is 167 Å². The second-order valence-electron chi connectivity index (χ2n) is 7.53. The first-order valence-electron chi connectivity index (χ1n) is 9.25. The van der Waals surface area contributed by atoms with Crippen molar-refractivity contribution in [3.8, 4) is 5.69 Å². The molecule has 0 aliphatic carbocycles. The number of imide groups is 1. The summed E-state index contributed by atoms with van der Waals surface area (Å²) in [5, 5.41) is 5.29. The molecular formula is C21H21N5O3. The summed E-state index contributed by atoms with van der Waals surface area (Å²) in [6.45, 7) is 4.78. The van der Waals surface area contributed by atoms with Crippen LogP contribution in [0.4, 0.5) is 10.5 Å². The van der Waals surface area contributed by atoms with Gasteiger partial charge >= 0.3 is 6.03 Å². The van der Waals surface area contributed by atoms with Gasteiger partial charge in [-0.3, -0.25) is 19.1 Å². The molecule has 0 bridgehead atoms. The topological polar surface area (TPSA) is 96.3 Å². The Morgan fingerprint density at radius 3 is 2.52 bits per heavy atom. The maximum atomic E-state index is 12.4. The highest BCUT2D eigenvalue weighted by Crippen LogP contribution is 2.24. The van der Waals surface area contributed by atoms with E-state index in [-0.39, 0.29) is 6.54 Å². The van der Waals surface area contributed by atoms with Gasteiger partial charge in [-0.05, 0) is 51.1 Å². The standard InChI is InChI=1S/C21H21N5O3/c1-13-22-16-11-14(9-10-17(16)26(13)15-7-5-4-6-8-15)23-18(27)12-25-19(28)21(2,3)24-20(25)29/h4-11H,12H2,1-3H3,(H,23,27)(H,24,29). The Morgan fingerprint density at radius 2 is 1.86 bits per heavy atom. The zero-order valence-corrected chi connectivity index (χ0v) is 16.4. The van der Waals surface area contributed by atoms with E-state index in [1.807, 2.05) is 47.9 Å². The lowest BCUT2D eigenvalue weighted by atomic mass is 10.1. The summed E-state index contributed by atoms with van der Waals surface area (Å²) in [6.07, 6.45) is 0. The predicted molar refractivity (Wildman–Crippen MR) is 109 cm³/mol. The van der Waals surface area contributed by atoms with E-state index in [1.54, 1.807) is 26.0 Å². The molecular weight excluding hydrogens is 370 g/mol.